The molecule has 108 valence electrons. The van der Waals surface area contributed by atoms with Gasteiger partial charge in [-0.3, -0.25) is 4.79 Å². The topological polar surface area (TPSA) is 56.8 Å². The SMILES string of the molecule is O=C(Cc1ccc2c(c1)OCCO2)NCC1CCCO1. The van der Waals surface area contributed by atoms with Crippen molar-refractivity contribution in [2.45, 2.75) is 25.4 Å². The number of fused-ring (bicyclic) bond motifs is 1. The van der Waals surface area contributed by atoms with Crippen molar-refractivity contribution in [3.05, 3.63) is 23.8 Å². The fraction of sp³-hybridized carbons (Fsp3) is 0.533. The molecule has 0 aromatic heterocycles. The van der Waals surface area contributed by atoms with Gasteiger partial charge in [-0.2, -0.15) is 0 Å². The minimum atomic E-state index is 0.0113. The molecule has 0 bridgehead atoms. The van der Waals surface area contributed by atoms with E-state index in [4.69, 9.17) is 14.2 Å². The smallest absolute Gasteiger partial charge is 0.224 e. The summed E-state index contributed by atoms with van der Waals surface area (Å²) < 4.78 is 16.4. The fourth-order valence-electron chi connectivity index (χ4n) is 2.48. The van der Waals surface area contributed by atoms with Gasteiger partial charge in [-0.25, -0.2) is 0 Å². The largest absolute Gasteiger partial charge is 0.486 e. The Bertz CT molecular complexity index is 483. The molecule has 0 radical (unpaired) electrons. The number of carbonyl (C=O) groups is 1. The second kappa shape index (κ2) is 6.13. The van der Waals surface area contributed by atoms with Crippen molar-refractivity contribution in [1.82, 2.24) is 5.32 Å². The van der Waals surface area contributed by atoms with Crippen LogP contribution in [0.2, 0.25) is 0 Å². The summed E-state index contributed by atoms with van der Waals surface area (Å²) in [5.41, 5.74) is 0.930. The van der Waals surface area contributed by atoms with Crippen molar-refractivity contribution in [3.8, 4) is 11.5 Å². The van der Waals surface area contributed by atoms with Gasteiger partial charge >= 0.3 is 0 Å². The summed E-state index contributed by atoms with van der Waals surface area (Å²) in [5.74, 6) is 1.48. The van der Waals surface area contributed by atoms with E-state index in [1.165, 1.54) is 0 Å². The zero-order valence-electron chi connectivity index (χ0n) is 11.4. The lowest BCUT2D eigenvalue weighted by Crippen LogP contribution is -2.32. The van der Waals surface area contributed by atoms with Crippen molar-refractivity contribution >= 4 is 5.91 Å². The van der Waals surface area contributed by atoms with Crippen LogP contribution < -0.4 is 14.8 Å². The number of ether oxygens (including phenoxy) is 3. The Hall–Kier alpha value is -1.75. The average Bonchev–Trinajstić information content (AvgIpc) is 2.98. The molecule has 3 rings (SSSR count). The van der Waals surface area contributed by atoms with E-state index in [9.17, 15) is 4.79 Å². The number of hydrogen-bond acceptors (Lipinski definition) is 4. The Morgan fingerprint density at radius 1 is 1.20 bits per heavy atom. The van der Waals surface area contributed by atoms with E-state index < -0.39 is 0 Å². The van der Waals surface area contributed by atoms with Gasteiger partial charge in [0.2, 0.25) is 5.91 Å². The van der Waals surface area contributed by atoms with Crippen LogP contribution in [0.4, 0.5) is 0 Å². The molecule has 0 spiro atoms. The monoisotopic (exact) mass is 277 g/mol. The highest BCUT2D eigenvalue weighted by atomic mass is 16.6. The molecule has 1 atom stereocenters. The number of carbonyl (C=O) groups excluding carboxylic acids is 1. The van der Waals surface area contributed by atoms with E-state index in [-0.39, 0.29) is 12.0 Å². The van der Waals surface area contributed by atoms with Crippen LogP contribution in [0.25, 0.3) is 0 Å². The van der Waals surface area contributed by atoms with Crippen LogP contribution in [-0.4, -0.2) is 38.4 Å². The summed E-state index contributed by atoms with van der Waals surface area (Å²) in [6.07, 6.45) is 2.65. The summed E-state index contributed by atoms with van der Waals surface area (Å²) in [5, 5.41) is 2.92. The van der Waals surface area contributed by atoms with E-state index >= 15 is 0 Å². The van der Waals surface area contributed by atoms with Crippen LogP contribution in [0.1, 0.15) is 18.4 Å². The third-order valence-electron chi connectivity index (χ3n) is 3.52. The van der Waals surface area contributed by atoms with Crippen molar-refractivity contribution in [2.24, 2.45) is 0 Å². The van der Waals surface area contributed by atoms with E-state index in [1.54, 1.807) is 0 Å². The van der Waals surface area contributed by atoms with Crippen LogP contribution in [0.5, 0.6) is 11.5 Å². The maximum Gasteiger partial charge on any atom is 0.224 e. The van der Waals surface area contributed by atoms with E-state index in [2.05, 4.69) is 5.32 Å². The van der Waals surface area contributed by atoms with Crippen molar-refractivity contribution in [2.75, 3.05) is 26.4 Å². The van der Waals surface area contributed by atoms with Crippen LogP contribution in [0.15, 0.2) is 18.2 Å². The molecule has 1 unspecified atom stereocenters. The maximum absolute atomic E-state index is 11.9. The number of amides is 1. The zero-order valence-corrected chi connectivity index (χ0v) is 11.4. The molecule has 0 saturated carbocycles. The third kappa shape index (κ3) is 3.22. The molecule has 1 fully saturated rings. The highest BCUT2D eigenvalue weighted by molar-refractivity contribution is 5.78. The molecule has 1 aromatic carbocycles. The van der Waals surface area contributed by atoms with Gasteiger partial charge in [-0.15, -0.1) is 0 Å². The van der Waals surface area contributed by atoms with Crippen molar-refractivity contribution in [1.29, 1.82) is 0 Å². The normalized spacial score (nSPS) is 20.7. The van der Waals surface area contributed by atoms with Gasteiger partial charge in [0.05, 0.1) is 12.5 Å². The molecule has 2 aliphatic rings. The summed E-state index contributed by atoms with van der Waals surface area (Å²) in [7, 11) is 0. The first-order chi connectivity index (χ1) is 9.81. The lowest BCUT2D eigenvalue weighted by Gasteiger charge is -2.18. The maximum atomic E-state index is 11.9. The molecular weight excluding hydrogens is 258 g/mol. The van der Waals surface area contributed by atoms with Gasteiger partial charge in [0.1, 0.15) is 13.2 Å². The van der Waals surface area contributed by atoms with Crippen LogP contribution in [0, 0.1) is 0 Å². The second-order valence-corrected chi connectivity index (χ2v) is 5.09. The fourth-order valence-corrected chi connectivity index (χ4v) is 2.48. The Balaban J connectivity index is 1.52. The number of hydrogen-bond donors (Lipinski definition) is 1. The molecular formula is C15H19NO4. The van der Waals surface area contributed by atoms with Crippen LogP contribution in [0.3, 0.4) is 0 Å². The highest BCUT2D eigenvalue weighted by Gasteiger charge is 2.17. The van der Waals surface area contributed by atoms with Crippen LogP contribution >= 0.6 is 0 Å². The predicted octanol–water partition coefficient (Wildman–Crippen LogP) is 1.30. The zero-order chi connectivity index (χ0) is 13.8. The van der Waals surface area contributed by atoms with Gasteiger partial charge in [-0.05, 0) is 30.5 Å². The first-order valence-electron chi connectivity index (χ1n) is 7.08. The summed E-state index contributed by atoms with van der Waals surface area (Å²) in [4.78, 5) is 11.9. The Morgan fingerprint density at radius 2 is 2.05 bits per heavy atom. The average molecular weight is 277 g/mol. The van der Waals surface area contributed by atoms with Gasteiger partial charge < -0.3 is 19.5 Å². The summed E-state index contributed by atoms with van der Waals surface area (Å²) in [6, 6.07) is 5.64. The minimum absolute atomic E-state index is 0.0113. The molecule has 5 heteroatoms. The Morgan fingerprint density at radius 3 is 2.85 bits per heavy atom. The molecule has 1 N–H and O–H groups in total. The summed E-state index contributed by atoms with van der Waals surface area (Å²) >= 11 is 0. The standard InChI is InChI=1S/C15H19NO4/c17-15(16-10-12-2-1-5-18-12)9-11-3-4-13-14(8-11)20-7-6-19-13/h3-4,8,12H,1-2,5-7,9-10H2,(H,16,17). The first kappa shape index (κ1) is 13.2. The molecule has 20 heavy (non-hydrogen) atoms. The van der Waals surface area contributed by atoms with Gasteiger partial charge in [0, 0.05) is 13.2 Å². The van der Waals surface area contributed by atoms with Gasteiger partial charge in [-0.1, -0.05) is 6.07 Å². The molecule has 1 saturated heterocycles. The molecule has 1 amide bonds. The highest BCUT2D eigenvalue weighted by Crippen LogP contribution is 2.30. The molecule has 2 heterocycles. The third-order valence-corrected chi connectivity index (χ3v) is 3.52. The Labute approximate surface area is 118 Å². The minimum Gasteiger partial charge on any atom is -0.486 e. The van der Waals surface area contributed by atoms with Gasteiger partial charge in [0.15, 0.2) is 11.5 Å². The quantitative estimate of drug-likeness (QED) is 0.901. The molecule has 1 aromatic rings. The Kier molecular flexibility index (Phi) is 4.06. The van der Waals surface area contributed by atoms with E-state index in [0.717, 1.165) is 36.5 Å². The van der Waals surface area contributed by atoms with Crippen molar-refractivity contribution < 1.29 is 19.0 Å². The predicted molar refractivity (Wildman–Crippen MR) is 73.1 cm³/mol. The van der Waals surface area contributed by atoms with E-state index in [1.807, 2.05) is 18.2 Å². The molecule has 5 nitrogen and oxygen atoms in total. The molecule has 0 aliphatic carbocycles. The first-order valence-corrected chi connectivity index (χ1v) is 7.08. The summed E-state index contributed by atoms with van der Waals surface area (Å²) in [6.45, 7) is 2.54. The lowest BCUT2D eigenvalue weighted by molar-refractivity contribution is -0.120. The number of nitrogens with one attached hydrogen (secondary N) is 1. The lowest BCUT2D eigenvalue weighted by atomic mass is 10.1. The number of benzene rings is 1. The molecule has 2 aliphatic heterocycles. The van der Waals surface area contributed by atoms with E-state index in [0.29, 0.717) is 26.2 Å². The second-order valence-electron chi connectivity index (χ2n) is 5.09. The van der Waals surface area contributed by atoms with Crippen LogP contribution in [-0.2, 0) is 16.0 Å². The van der Waals surface area contributed by atoms with Crippen molar-refractivity contribution in [3.63, 3.8) is 0 Å². The van der Waals surface area contributed by atoms with Gasteiger partial charge in [0.25, 0.3) is 0 Å². The number of rotatable bonds is 4.